The minimum absolute atomic E-state index is 0.108. The lowest BCUT2D eigenvalue weighted by Crippen LogP contribution is -2.51. The molecule has 0 saturated heterocycles. The normalized spacial score (nSPS) is 12.7. The molecule has 0 heterocycles. The van der Waals surface area contributed by atoms with Crippen LogP contribution in [0.2, 0.25) is 0 Å². The van der Waals surface area contributed by atoms with Gasteiger partial charge in [0.1, 0.15) is 12.2 Å². The summed E-state index contributed by atoms with van der Waals surface area (Å²) < 4.78 is 10.1. The van der Waals surface area contributed by atoms with E-state index < -0.39 is 17.8 Å². The van der Waals surface area contributed by atoms with Crippen molar-refractivity contribution < 1.29 is 23.9 Å². The maximum atomic E-state index is 12.9. The Kier molecular flexibility index (Phi) is 11.1. The van der Waals surface area contributed by atoms with Crippen LogP contribution < -0.4 is 16.0 Å². The second-order valence-electron chi connectivity index (χ2n) is 8.46. The molecule has 1 aromatic rings. The highest BCUT2D eigenvalue weighted by Crippen LogP contribution is 2.09. The van der Waals surface area contributed by atoms with Crippen molar-refractivity contribution >= 4 is 18.2 Å². The van der Waals surface area contributed by atoms with Gasteiger partial charge in [-0.25, -0.2) is 14.4 Å². The number of alkyl carbamates (subject to hydrolysis) is 2. The van der Waals surface area contributed by atoms with Gasteiger partial charge in [-0.1, -0.05) is 43.0 Å². The number of carbonyl (C=O) groups is 3. The molecule has 1 aromatic carbocycles. The molecule has 0 aliphatic rings. The maximum Gasteiger partial charge on any atom is 0.407 e. The van der Waals surface area contributed by atoms with Crippen molar-refractivity contribution in [1.82, 2.24) is 20.9 Å². The van der Waals surface area contributed by atoms with E-state index >= 15 is 0 Å². The van der Waals surface area contributed by atoms with E-state index in [0.29, 0.717) is 6.54 Å². The topological polar surface area (TPSA) is 109 Å². The van der Waals surface area contributed by atoms with Gasteiger partial charge in [0.2, 0.25) is 0 Å². The molecule has 3 N–H and O–H groups in total. The van der Waals surface area contributed by atoms with Gasteiger partial charge >= 0.3 is 18.2 Å². The van der Waals surface area contributed by atoms with Crippen LogP contribution >= 0.6 is 0 Å². The van der Waals surface area contributed by atoms with Crippen LogP contribution in [0.3, 0.4) is 0 Å². The van der Waals surface area contributed by atoms with Crippen LogP contribution in [0.1, 0.15) is 40.2 Å². The Morgan fingerprint density at radius 1 is 1.06 bits per heavy atom. The predicted octanol–water partition coefficient (Wildman–Crippen LogP) is 3.41. The van der Waals surface area contributed by atoms with E-state index in [1.54, 1.807) is 32.6 Å². The molecule has 9 nitrogen and oxygen atoms in total. The Morgan fingerprint density at radius 3 is 2.31 bits per heavy atom. The SMILES string of the molecule is C=CCOC(=O)NC[C@H](C)N(Cc1ccccc1)C(=O)NC[C@@H](C)NC(=O)OC(C)(C)C. The summed E-state index contributed by atoms with van der Waals surface area (Å²) in [5, 5.41) is 8.17. The number of benzene rings is 1. The fraction of sp³-hybridized carbons (Fsp3) is 0.522. The Balaban J connectivity index is 2.70. The molecule has 0 radical (unpaired) electrons. The molecule has 0 fully saturated rings. The number of urea groups is 1. The van der Waals surface area contributed by atoms with E-state index in [4.69, 9.17) is 9.47 Å². The number of ether oxygens (including phenoxy) is 2. The number of nitrogens with zero attached hydrogens (tertiary/aromatic N) is 1. The third kappa shape index (κ3) is 11.2. The standard InChI is InChI=1S/C23H36N4O5/c1-7-13-31-21(29)25-15-18(3)27(16-19-11-9-8-10-12-19)20(28)24-14-17(2)26-22(30)32-23(4,5)6/h7-12,17-18H,1,13-16H2,2-6H3,(H,24,28)(H,25,29)(H,26,30)/t17-,18+/m1/s1. The van der Waals surface area contributed by atoms with Crippen molar-refractivity contribution in [2.45, 2.75) is 58.8 Å². The van der Waals surface area contributed by atoms with Crippen LogP contribution in [0.25, 0.3) is 0 Å². The van der Waals surface area contributed by atoms with Gasteiger partial charge in [0.25, 0.3) is 0 Å². The van der Waals surface area contributed by atoms with Crippen LogP contribution in [0.15, 0.2) is 43.0 Å². The molecule has 0 aliphatic heterocycles. The number of rotatable bonds is 10. The first-order valence-corrected chi connectivity index (χ1v) is 10.6. The van der Waals surface area contributed by atoms with E-state index in [0.717, 1.165) is 5.56 Å². The summed E-state index contributed by atoms with van der Waals surface area (Å²) in [5.74, 6) is 0. The average molecular weight is 449 g/mol. The molecule has 9 heteroatoms. The zero-order valence-corrected chi connectivity index (χ0v) is 19.6. The number of carbonyl (C=O) groups excluding carboxylic acids is 3. The molecule has 0 saturated carbocycles. The summed E-state index contributed by atoms with van der Waals surface area (Å²) in [4.78, 5) is 38.2. The van der Waals surface area contributed by atoms with Crippen LogP contribution in [-0.2, 0) is 16.0 Å². The van der Waals surface area contributed by atoms with Crippen molar-refractivity contribution in [2.24, 2.45) is 0 Å². The molecular formula is C23H36N4O5. The van der Waals surface area contributed by atoms with Gasteiger partial charge < -0.3 is 30.3 Å². The van der Waals surface area contributed by atoms with Gasteiger partial charge in [0, 0.05) is 31.7 Å². The molecule has 2 atom stereocenters. The molecule has 4 amide bonds. The van der Waals surface area contributed by atoms with Crippen LogP contribution in [0, 0.1) is 0 Å². The minimum Gasteiger partial charge on any atom is -0.445 e. The highest BCUT2D eigenvalue weighted by molar-refractivity contribution is 5.75. The highest BCUT2D eigenvalue weighted by Gasteiger charge is 2.23. The fourth-order valence-electron chi connectivity index (χ4n) is 2.64. The number of amides is 4. The summed E-state index contributed by atoms with van der Waals surface area (Å²) in [5.41, 5.74) is 0.345. The smallest absolute Gasteiger partial charge is 0.407 e. The fourth-order valence-corrected chi connectivity index (χ4v) is 2.64. The molecule has 0 aliphatic carbocycles. The first-order chi connectivity index (χ1) is 15.0. The molecule has 32 heavy (non-hydrogen) atoms. The van der Waals surface area contributed by atoms with Gasteiger partial charge in [-0.05, 0) is 40.2 Å². The van der Waals surface area contributed by atoms with Crippen molar-refractivity contribution in [3.8, 4) is 0 Å². The van der Waals surface area contributed by atoms with E-state index in [9.17, 15) is 14.4 Å². The summed E-state index contributed by atoms with van der Waals surface area (Å²) in [6, 6.07) is 8.56. The number of hydrogen-bond acceptors (Lipinski definition) is 5. The average Bonchev–Trinajstić information content (AvgIpc) is 2.71. The van der Waals surface area contributed by atoms with Crippen LogP contribution in [-0.4, -0.2) is 60.5 Å². The summed E-state index contributed by atoms with van der Waals surface area (Å²) in [6.45, 7) is 13.3. The van der Waals surface area contributed by atoms with Crippen molar-refractivity contribution in [3.63, 3.8) is 0 Å². The zero-order chi connectivity index (χ0) is 24.1. The lowest BCUT2D eigenvalue weighted by molar-refractivity contribution is 0.0507. The van der Waals surface area contributed by atoms with E-state index in [-0.39, 0.29) is 37.8 Å². The minimum atomic E-state index is -0.602. The van der Waals surface area contributed by atoms with Crippen molar-refractivity contribution in [1.29, 1.82) is 0 Å². The monoisotopic (exact) mass is 448 g/mol. The first-order valence-electron chi connectivity index (χ1n) is 10.6. The highest BCUT2D eigenvalue weighted by atomic mass is 16.6. The Labute approximate surface area is 190 Å². The largest absolute Gasteiger partial charge is 0.445 e. The Hall–Kier alpha value is -3.23. The van der Waals surface area contributed by atoms with Gasteiger partial charge in [-0.15, -0.1) is 0 Å². The lowest BCUT2D eigenvalue weighted by Gasteiger charge is -2.30. The second-order valence-corrected chi connectivity index (χ2v) is 8.46. The van der Waals surface area contributed by atoms with E-state index in [1.165, 1.54) is 6.08 Å². The molecule has 0 spiro atoms. The van der Waals surface area contributed by atoms with E-state index in [1.807, 2.05) is 37.3 Å². The molecule has 0 unspecified atom stereocenters. The summed E-state index contributed by atoms with van der Waals surface area (Å²) >= 11 is 0. The van der Waals surface area contributed by atoms with E-state index in [2.05, 4.69) is 22.5 Å². The molecular weight excluding hydrogens is 412 g/mol. The lowest BCUT2D eigenvalue weighted by atomic mass is 10.2. The zero-order valence-electron chi connectivity index (χ0n) is 19.6. The molecule has 178 valence electrons. The third-order valence-corrected chi connectivity index (χ3v) is 4.19. The molecule has 1 rings (SSSR count). The third-order valence-electron chi connectivity index (χ3n) is 4.19. The second kappa shape index (κ2) is 13.2. The van der Waals surface area contributed by atoms with Gasteiger partial charge in [-0.2, -0.15) is 0 Å². The van der Waals surface area contributed by atoms with Gasteiger partial charge in [0.05, 0.1) is 0 Å². The molecule has 0 aromatic heterocycles. The Morgan fingerprint density at radius 2 is 1.72 bits per heavy atom. The number of nitrogens with one attached hydrogen (secondary N) is 3. The number of hydrogen-bond donors (Lipinski definition) is 3. The molecule has 0 bridgehead atoms. The van der Waals surface area contributed by atoms with Gasteiger partial charge in [-0.3, -0.25) is 0 Å². The van der Waals surface area contributed by atoms with Crippen molar-refractivity contribution in [2.75, 3.05) is 19.7 Å². The quantitative estimate of drug-likeness (QED) is 0.475. The first kappa shape index (κ1) is 26.8. The van der Waals surface area contributed by atoms with Crippen LogP contribution in [0.5, 0.6) is 0 Å². The van der Waals surface area contributed by atoms with Crippen LogP contribution in [0.4, 0.5) is 14.4 Å². The predicted molar refractivity (Wildman–Crippen MR) is 123 cm³/mol. The maximum absolute atomic E-state index is 12.9. The summed E-state index contributed by atoms with van der Waals surface area (Å²) in [7, 11) is 0. The summed E-state index contributed by atoms with van der Waals surface area (Å²) in [6.07, 6.45) is 0.355. The Bertz CT molecular complexity index is 749. The van der Waals surface area contributed by atoms with Crippen molar-refractivity contribution in [3.05, 3.63) is 48.6 Å². The van der Waals surface area contributed by atoms with Gasteiger partial charge in [0.15, 0.2) is 0 Å².